The molecule has 0 saturated carbocycles. The van der Waals surface area contributed by atoms with Gasteiger partial charge >= 0.3 is 12.1 Å². The van der Waals surface area contributed by atoms with Gasteiger partial charge in [0, 0.05) is 12.0 Å². The maximum atomic E-state index is 12.7. The first-order chi connectivity index (χ1) is 8.86. The van der Waals surface area contributed by atoms with Crippen LogP contribution < -0.4 is 0 Å². The van der Waals surface area contributed by atoms with Crippen LogP contribution in [0.5, 0.6) is 0 Å². The van der Waals surface area contributed by atoms with Crippen LogP contribution >= 0.6 is 0 Å². The molecule has 0 radical (unpaired) electrons. The molecule has 104 valence electrons. The molecule has 0 aliphatic heterocycles. The van der Waals surface area contributed by atoms with Crippen LogP contribution in [-0.4, -0.2) is 24.5 Å². The van der Waals surface area contributed by atoms with E-state index in [-0.39, 0.29) is 12.2 Å². The first kappa shape index (κ1) is 15.2. The van der Waals surface area contributed by atoms with Crippen molar-refractivity contribution in [3.63, 3.8) is 0 Å². The first-order valence-electron chi connectivity index (χ1n) is 5.67. The lowest BCUT2D eigenvalue weighted by Gasteiger charge is -2.17. The maximum Gasteiger partial charge on any atom is 0.402 e. The number of benzene rings is 1. The second kappa shape index (κ2) is 6.36. The lowest BCUT2D eigenvalue weighted by Crippen LogP contribution is -2.34. The van der Waals surface area contributed by atoms with E-state index < -0.39 is 30.3 Å². The smallest absolute Gasteiger partial charge is 0.402 e. The number of ketones is 1. The largest absolute Gasteiger partial charge is 0.466 e. The van der Waals surface area contributed by atoms with Crippen molar-refractivity contribution in [2.75, 3.05) is 6.61 Å². The van der Waals surface area contributed by atoms with Gasteiger partial charge < -0.3 is 4.74 Å². The number of rotatable bonds is 5. The van der Waals surface area contributed by atoms with Gasteiger partial charge in [-0.05, 0) is 6.92 Å². The van der Waals surface area contributed by atoms with Gasteiger partial charge in [0.05, 0.1) is 6.61 Å². The third kappa shape index (κ3) is 4.39. The summed E-state index contributed by atoms with van der Waals surface area (Å²) in [6.45, 7) is 1.25. The van der Waals surface area contributed by atoms with Crippen LogP contribution in [-0.2, 0) is 9.53 Å². The summed E-state index contributed by atoms with van der Waals surface area (Å²) in [5, 5.41) is 0. The Kier molecular flexibility index (Phi) is 5.09. The minimum absolute atomic E-state index is 0.140. The molecule has 0 saturated heterocycles. The number of carbonyl (C=O) groups excluding carboxylic acids is 2. The molecule has 0 amide bonds. The van der Waals surface area contributed by atoms with Crippen molar-refractivity contribution in [3.05, 3.63) is 35.9 Å². The van der Waals surface area contributed by atoms with Crippen LogP contribution in [0.2, 0.25) is 0 Å². The molecule has 0 bridgehead atoms. The molecule has 19 heavy (non-hydrogen) atoms. The fourth-order valence-electron chi connectivity index (χ4n) is 1.50. The fraction of sp³-hybridized carbons (Fsp3) is 0.385. The zero-order valence-corrected chi connectivity index (χ0v) is 10.2. The Bertz CT molecular complexity index is 440. The normalized spacial score (nSPS) is 12.8. The van der Waals surface area contributed by atoms with Gasteiger partial charge in [0.25, 0.3) is 0 Å². The van der Waals surface area contributed by atoms with Crippen molar-refractivity contribution in [1.29, 1.82) is 0 Å². The number of carbonyl (C=O) groups is 2. The van der Waals surface area contributed by atoms with Crippen molar-refractivity contribution in [2.45, 2.75) is 19.5 Å². The van der Waals surface area contributed by atoms with E-state index in [2.05, 4.69) is 4.74 Å². The average molecular weight is 274 g/mol. The van der Waals surface area contributed by atoms with E-state index in [0.29, 0.717) is 0 Å². The Balaban J connectivity index is 2.84. The Morgan fingerprint density at radius 3 is 2.26 bits per heavy atom. The van der Waals surface area contributed by atoms with Crippen molar-refractivity contribution >= 4 is 11.8 Å². The van der Waals surface area contributed by atoms with Gasteiger partial charge in [-0.1, -0.05) is 30.3 Å². The van der Waals surface area contributed by atoms with E-state index in [1.165, 1.54) is 19.1 Å². The zero-order chi connectivity index (χ0) is 14.5. The van der Waals surface area contributed by atoms with Gasteiger partial charge in [-0.3, -0.25) is 9.59 Å². The number of halogens is 3. The minimum atomic E-state index is -4.79. The van der Waals surface area contributed by atoms with E-state index in [1.807, 2.05) is 0 Å². The maximum absolute atomic E-state index is 12.7. The van der Waals surface area contributed by atoms with Crippen LogP contribution in [0, 0.1) is 5.92 Å². The molecule has 0 N–H and O–H groups in total. The summed E-state index contributed by atoms with van der Waals surface area (Å²) in [4.78, 5) is 23.0. The van der Waals surface area contributed by atoms with E-state index in [9.17, 15) is 22.8 Å². The van der Waals surface area contributed by atoms with Crippen molar-refractivity contribution in [2.24, 2.45) is 5.92 Å². The molecule has 1 atom stereocenters. The summed E-state index contributed by atoms with van der Waals surface area (Å²) in [6.07, 6.45) is -5.73. The number of hydrogen-bond donors (Lipinski definition) is 0. The Morgan fingerprint density at radius 1 is 1.21 bits per heavy atom. The fourth-order valence-corrected chi connectivity index (χ4v) is 1.50. The van der Waals surface area contributed by atoms with Gasteiger partial charge in [0.2, 0.25) is 0 Å². The van der Waals surface area contributed by atoms with Gasteiger partial charge in [-0.25, -0.2) is 0 Å². The van der Waals surface area contributed by atoms with Crippen LogP contribution in [0.4, 0.5) is 13.2 Å². The molecule has 0 heterocycles. The summed E-state index contributed by atoms with van der Waals surface area (Å²) in [6, 6.07) is 7.53. The number of esters is 1. The first-order valence-corrected chi connectivity index (χ1v) is 5.67. The monoisotopic (exact) mass is 274 g/mol. The van der Waals surface area contributed by atoms with Crippen molar-refractivity contribution in [3.8, 4) is 0 Å². The topological polar surface area (TPSA) is 43.4 Å². The van der Waals surface area contributed by atoms with E-state index in [1.54, 1.807) is 18.2 Å². The molecular weight excluding hydrogens is 261 g/mol. The molecule has 1 aromatic rings. The lowest BCUT2D eigenvalue weighted by atomic mass is 9.98. The number of alkyl halides is 3. The van der Waals surface area contributed by atoms with Gasteiger partial charge in [0.15, 0.2) is 11.7 Å². The highest BCUT2D eigenvalue weighted by molar-refractivity contribution is 5.98. The zero-order valence-electron chi connectivity index (χ0n) is 10.2. The average Bonchev–Trinajstić information content (AvgIpc) is 2.35. The molecule has 0 aromatic heterocycles. The van der Waals surface area contributed by atoms with Crippen LogP contribution in [0.3, 0.4) is 0 Å². The minimum Gasteiger partial charge on any atom is -0.466 e. The Hall–Kier alpha value is -1.85. The summed E-state index contributed by atoms with van der Waals surface area (Å²) in [5.41, 5.74) is 0.140. The summed E-state index contributed by atoms with van der Waals surface area (Å²) in [5.74, 6) is -4.57. The second-order valence-corrected chi connectivity index (χ2v) is 3.84. The molecule has 6 heteroatoms. The van der Waals surface area contributed by atoms with Crippen LogP contribution in [0.15, 0.2) is 30.3 Å². The van der Waals surface area contributed by atoms with E-state index in [4.69, 9.17) is 0 Å². The summed E-state index contributed by atoms with van der Waals surface area (Å²) in [7, 11) is 0. The summed E-state index contributed by atoms with van der Waals surface area (Å²) >= 11 is 0. The third-order valence-electron chi connectivity index (χ3n) is 2.45. The predicted octanol–water partition coefficient (Wildman–Crippen LogP) is 3.00. The second-order valence-electron chi connectivity index (χ2n) is 3.84. The SMILES string of the molecule is CCOC(=O)C(CC(=O)c1ccccc1)C(F)(F)F. The van der Waals surface area contributed by atoms with Gasteiger partial charge in [-0.2, -0.15) is 13.2 Å². The van der Waals surface area contributed by atoms with E-state index in [0.717, 1.165) is 0 Å². The molecule has 1 unspecified atom stereocenters. The molecule has 0 aliphatic carbocycles. The summed E-state index contributed by atoms with van der Waals surface area (Å²) < 4.78 is 42.5. The highest BCUT2D eigenvalue weighted by Gasteiger charge is 2.47. The third-order valence-corrected chi connectivity index (χ3v) is 2.45. The molecule has 0 aliphatic rings. The van der Waals surface area contributed by atoms with Crippen molar-refractivity contribution < 1.29 is 27.5 Å². The Morgan fingerprint density at radius 2 is 1.79 bits per heavy atom. The molecule has 3 nitrogen and oxygen atoms in total. The predicted molar refractivity (Wildman–Crippen MR) is 61.6 cm³/mol. The highest BCUT2D eigenvalue weighted by Crippen LogP contribution is 2.31. The van der Waals surface area contributed by atoms with Gasteiger partial charge in [0.1, 0.15) is 0 Å². The van der Waals surface area contributed by atoms with Crippen LogP contribution in [0.25, 0.3) is 0 Å². The molecule has 0 fully saturated rings. The molecule has 1 rings (SSSR count). The number of Topliss-reactive ketones (excluding diaryl/α,β-unsaturated/α-hetero) is 1. The lowest BCUT2D eigenvalue weighted by molar-refractivity contribution is -0.196. The molecule has 0 spiro atoms. The number of ether oxygens (including phenoxy) is 1. The van der Waals surface area contributed by atoms with Crippen LogP contribution in [0.1, 0.15) is 23.7 Å². The van der Waals surface area contributed by atoms with Gasteiger partial charge in [-0.15, -0.1) is 0 Å². The highest BCUT2D eigenvalue weighted by atomic mass is 19.4. The molecule has 1 aromatic carbocycles. The number of hydrogen-bond acceptors (Lipinski definition) is 3. The van der Waals surface area contributed by atoms with E-state index >= 15 is 0 Å². The van der Waals surface area contributed by atoms with Crippen molar-refractivity contribution in [1.82, 2.24) is 0 Å². The Labute approximate surface area is 108 Å². The molecular formula is C13H13F3O3. The quantitative estimate of drug-likeness (QED) is 0.612. The standard InChI is InChI=1S/C13H13F3O3/c1-2-19-12(18)10(13(14,15)16)8-11(17)9-6-4-3-5-7-9/h3-7,10H,2,8H2,1H3.